The minimum absolute atomic E-state index is 0.372. The zero-order valence-electron chi connectivity index (χ0n) is 9.97. The van der Waals surface area contributed by atoms with Crippen molar-refractivity contribution in [1.82, 2.24) is 5.32 Å². The molecule has 17 heavy (non-hydrogen) atoms. The largest absolute Gasteiger partial charge is 0.350 e. The first-order chi connectivity index (χ1) is 7.63. The van der Waals surface area contributed by atoms with Crippen LogP contribution in [0.3, 0.4) is 0 Å². The third-order valence-corrected chi connectivity index (χ3v) is 4.03. The van der Waals surface area contributed by atoms with Crippen LogP contribution >= 0.6 is 7.60 Å². The summed E-state index contributed by atoms with van der Waals surface area (Å²) in [6.07, 6.45) is 0. The Hall–Kier alpha value is -1.16. The predicted molar refractivity (Wildman–Crippen MR) is 64.8 cm³/mol. The standard InChI is InChI=1S/C11H16NO4P/c1-8-4-6-9(7-5-8)10(13)12-11(2,3)17(14,15)16/h4-7H,1-3H3,(H,12,13)(H2,14,15,16). The van der Waals surface area contributed by atoms with Crippen LogP contribution in [0.15, 0.2) is 24.3 Å². The van der Waals surface area contributed by atoms with Crippen LogP contribution in [0.1, 0.15) is 29.8 Å². The van der Waals surface area contributed by atoms with Crippen molar-refractivity contribution in [3.8, 4) is 0 Å². The lowest BCUT2D eigenvalue weighted by molar-refractivity contribution is 0.0925. The molecule has 94 valence electrons. The molecular weight excluding hydrogens is 241 g/mol. The Balaban J connectivity index is 2.87. The Bertz CT molecular complexity index is 461. The fraction of sp³-hybridized carbons (Fsp3) is 0.364. The molecule has 0 aliphatic carbocycles. The van der Waals surface area contributed by atoms with Gasteiger partial charge < -0.3 is 15.1 Å². The molecule has 0 atom stereocenters. The molecular formula is C11H16NO4P. The fourth-order valence-corrected chi connectivity index (χ4v) is 1.37. The molecule has 1 amide bonds. The van der Waals surface area contributed by atoms with E-state index in [1.54, 1.807) is 24.3 Å². The van der Waals surface area contributed by atoms with Gasteiger partial charge in [0.15, 0.2) is 0 Å². The summed E-state index contributed by atoms with van der Waals surface area (Å²) in [4.78, 5) is 29.9. The molecule has 0 heterocycles. The van der Waals surface area contributed by atoms with Crippen LogP contribution in [0.25, 0.3) is 0 Å². The second kappa shape index (κ2) is 4.61. The average molecular weight is 257 g/mol. The fourth-order valence-electron chi connectivity index (χ4n) is 1.13. The summed E-state index contributed by atoms with van der Waals surface area (Å²) in [5.41, 5.74) is 1.38. The monoisotopic (exact) mass is 257 g/mol. The molecule has 0 aliphatic rings. The molecule has 0 aromatic heterocycles. The van der Waals surface area contributed by atoms with Gasteiger partial charge in [-0.05, 0) is 32.9 Å². The second-order valence-electron chi connectivity index (χ2n) is 4.42. The molecule has 0 saturated heterocycles. The van der Waals surface area contributed by atoms with Crippen LogP contribution in [-0.2, 0) is 4.57 Å². The van der Waals surface area contributed by atoms with E-state index in [9.17, 15) is 9.36 Å². The highest BCUT2D eigenvalue weighted by atomic mass is 31.2. The molecule has 1 rings (SSSR count). The average Bonchev–Trinajstić information content (AvgIpc) is 2.16. The summed E-state index contributed by atoms with van der Waals surface area (Å²) < 4.78 is 11.2. The molecule has 1 aromatic carbocycles. The third kappa shape index (κ3) is 3.40. The second-order valence-corrected chi connectivity index (χ2v) is 6.63. The van der Waals surface area contributed by atoms with Crippen LogP contribution in [0.2, 0.25) is 0 Å². The van der Waals surface area contributed by atoms with Crippen molar-refractivity contribution in [2.75, 3.05) is 0 Å². The zero-order valence-corrected chi connectivity index (χ0v) is 10.9. The third-order valence-electron chi connectivity index (χ3n) is 2.46. The van der Waals surface area contributed by atoms with Crippen molar-refractivity contribution < 1.29 is 19.1 Å². The summed E-state index contributed by atoms with van der Waals surface area (Å²) in [6.45, 7) is 4.47. The van der Waals surface area contributed by atoms with Gasteiger partial charge in [0.1, 0.15) is 5.28 Å². The number of hydrogen-bond donors (Lipinski definition) is 3. The quantitative estimate of drug-likeness (QED) is 0.718. The highest BCUT2D eigenvalue weighted by Gasteiger charge is 2.39. The summed E-state index contributed by atoms with van der Waals surface area (Å²) in [5, 5.41) is 0.755. The maximum atomic E-state index is 11.8. The van der Waals surface area contributed by atoms with Crippen molar-refractivity contribution in [2.24, 2.45) is 0 Å². The molecule has 5 nitrogen and oxygen atoms in total. The number of carbonyl (C=O) groups excluding carboxylic acids is 1. The first-order valence-corrected chi connectivity index (χ1v) is 6.69. The molecule has 6 heteroatoms. The van der Waals surface area contributed by atoms with Crippen molar-refractivity contribution >= 4 is 13.5 Å². The Labute approximate surface area is 100 Å². The normalized spacial score (nSPS) is 12.3. The van der Waals surface area contributed by atoms with E-state index in [2.05, 4.69) is 5.32 Å². The highest BCUT2D eigenvalue weighted by Crippen LogP contribution is 2.48. The van der Waals surface area contributed by atoms with Gasteiger partial charge in [0.25, 0.3) is 5.91 Å². The number of nitrogens with one attached hydrogen (secondary N) is 1. The first kappa shape index (κ1) is 13.9. The molecule has 3 N–H and O–H groups in total. The Morgan fingerprint density at radius 1 is 1.24 bits per heavy atom. The number of hydrogen-bond acceptors (Lipinski definition) is 2. The molecule has 1 aromatic rings. The van der Waals surface area contributed by atoms with Gasteiger partial charge in [0.05, 0.1) is 0 Å². The topological polar surface area (TPSA) is 86.6 Å². The van der Waals surface area contributed by atoms with Crippen LogP contribution < -0.4 is 5.32 Å². The van der Waals surface area contributed by atoms with E-state index in [-0.39, 0.29) is 0 Å². The van der Waals surface area contributed by atoms with E-state index >= 15 is 0 Å². The molecule has 0 radical (unpaired) electrons. The van der Waals surface area contributed by atoms with Crippen LogP contribution in [0, 0.1) is 6.92 Å². The lowest BCUT2D eigenvalue weighted by Gasteiger charge is -2.27. The van der Waals surface area contributed by atoms with Crippen molar-refractivity contribution in [1.29, 1.82) is 0 Å². The van der Waals surface area contributed by atoms with Crippen LogP contribution in [0.5, 0.6) is 0 Å². The molecule has 0 unspecified atom stereocenters. The number of carbonyl (C=O) groups is 1. The lowest BCUT2D eigenvalue weighted by atomic mass is 10.1. The minimum Gasteiger partial charge on any atom is -0.336 e. The Morgan fingerprint density at radius 3 is 2.12 bits per heavy atom. The molecule has 0 fully saturated rings. The summed E-state index contributed by atoms with van der Waals surface area (Å²) >= 11 is 0. The van der Waals surface area contributed by atoms with E-state index in [4.69, 9.17) is 9.79 Å². The van der Waals surface area contributed by atoms with Gasteiger partial charge in [0.2, 0.25) is 0 Å². The van der Waals surface area contributed by atoms with Gasteiger partial charge in [-0.2, -0.15) is 0 Å². The van der Waals surface area contributed by atoms with E-state index < -0.39 is 18.8 Å². The molecule has 0 spiro atoms. The van der Waals surface area contributed by atoms with Crippen LogP contribution in [-0.4, -0.2) is 21.0 Å². The maximum absolute atomic E-state index is 11.8. The molecule has 0 saturated carbocycles. The van der Waals surface area contributed by atoms with Crippen molar-refractivity contribution in [3.63, 3.8) is 0 Å². The predicted octanol–water partition coefficient (Wildman–Crippen LogP) is 1.64. The van der Waals surface area contributed by atoms with Gasteiger partial charge in [-0.3, -0.25) is 9.36 Å². The van der Waals surface area contributed by atoms with Crippen molar-refractivity contribution in [3.05, 3.63) is 35.4 Å². The van der Waals surface area contributed by atoms with Crippen LogP contribution in [0.4, 0.5) is 0 Å². The number of amides is 1. The number of rotatable bonds is 3. The lowest BCUT2D eigenvalue weighted by Crippen LogP contribution is -2.43. The Kier molecular flexibility index (Phi) is 3.77. The molecule has 0 aliphatic heterocycles. The van der Waals surface area contributed by atoms with E-state index in [1.807, 2.05) is 6.92 Å². The zero-order chi connectivity index (χ0) is 13.3. The number of aryl methyl sites for hydroxylation is 1. The SMILES string of the molecule is Cc1ccc(C(=O)NC(C)(C)P(=O)(O)O)cc1. The van der Waals surface area contributed by atoms with E-state index in [0.717, 1.165) is 5.56 Å². The van der Waals surface area contributed by atoms with Gasteiger partial charge in [-0.25, -0.2) is 0 Å². The van der Waals surface area contributed by atoms with Gasteiger partial charge >= 0.3 is 7.60 Å². The first-order valence-electron chi connectivity index (χ1n) is 5.08. The smallest absolute Gasteiger partial charge is 0.336 e. The van der Waals surface area contributed by atoms with Gasteiger partial charge in [0, 0.05) is 5.56 Å². The summed E-state index contributed by atoms with van der Waals surface area (Å²) in [7, 11) is -4.38. The van der Waals surface area contributed by atoms with E-state index in [1.165, 1.54) is 13.8 Å². The summed E-state index contributed by atoms with van der Waals surface area (Å²) in [6, 6.07) is 6.75. The molecule has 0 bridgehead atoms. The maximum Gasteiger partial charge on any atom is 0.350 e. The van der Waals surface area contributed by atoms with Gasteiger partial charge in [-0.15, -0.1) is 0 Å². The van der Waals surface area contributed by atoms with E-state index in [0.29, 0.717) is 5.56 Å². The Morgan fingerprint density at radius 2 is 1.71 bits per heavy atom. The summed E-state index contributed by atoms with van der Waals surface area (Å²) in [5.74, 6) is -0.502. The van der Waals surface area contributed by atoms with Gasteiger partial charge in [-0.1, -0.05) is 17.7 Å². The minimum atomic E-state index is -4.38. The number of benzene rings is 1. The van der Waals surface area contributed by atoms with Crippen molar-refractivity contribution in [2.45, 2.75) is 26.1 Å². The highest BCUT2D eigenvalue weighted by molar-refractivity contribution is 7.53.